The Morgan fingerprint density at radius 2 is 1.96 bits per heavy atom. The zero-order chi connectivity index (χ0) is 17.6. The number of rotatable bonds is 6. The number of nitrogens with zero attached hydrogens (tertiary/aromatic N) is 1. The van der Waals surface area contributed by atoms with Gasteiger partial charge in [-0.1, -0.05) is 23.8 Å². The van der Waals surface area contributed by atoms with E-state index < -0.39 is 15.9 Å². The van der Waals surface area contributed by atoms with Gasteiger partial charge in [0.25, 0.3) is 0 Å². The summed E-state index contributed by atoms with van der Waals surface area (Å²) in [6.45, 7) is 3.56. The van der Waals surface area contributed by atoms with Crippen molar-refractivity contribution in [3.8, 4) is 0 Å². The fourth-order valence-electron chi connectivity index (χ4n) is 2.15. The number of sulfone groups is 1. The summed E-state index contributed by atoms with van der Waals surface area (Å²) in [7, 11) is -3.44. The maximum absolute atomic E-state index is 12.3. The molecule has 1 N–H and O–H groups in total. The minimum atomic E-state index is -3.44. The van der Waals surface area contributed by atoms with Crippen LogP contribution in [0.15, 0.2) is 59.8 Å². The summed E-state index contributed by atoms with van der Waals surface area (Å²) in [4.78, 5) is 16.1. The van der Waals surface area contributed by atoms with Crippen LogP contribution < -0.4 is 5.32 Å². The highest BCUT2D eigenvalue weighted by atomic mass is 32.2. The first-order valence-electron chi connectivity index (χ1n) is 7.55. The van der Waals surface area contributed by atoms with Gasteiger partial charge in [-0.05, 0) is 43.7 Å². The third-order valence-electron chi connectivity index (χ3n) is 3.35. The SMILES string of the molecule is Cc1ccc(S(=O)(=O)CC(C)NC(=O)C=Cc2cccnc2)cc1. The molecule has 1 aromatic carbocycles. The lowest BCUT2D eigenvalue weighted by Gasteiger charge is -2.13. The molecular weight excluding hydrogens is 324 g/mol. The van der Waals surface area contributed by atoms with E-state index >= 15 is 0 Å². The van der Waals surface area contributed by atoms with E-state index in [1.54, 1.807) is 55.7 Å². The highest BCUT2D eigenvalue weighted by Gasteiger charge is 2.19. The quantitative estimate of drug-likeness (QED) is 0.816. The molecule has 1 aromatic heterocycles. The largest absolute Gasteiger partial charge is 0.349 e. The summed E-state index contributed by atoms with van der Waals surface area (Å²) < 4.78 is 24.7. The highest BCUT2D eigenvalue weighted by molar-refractivity contribution is 7.91. The number of pyridine rings is 1. The van der Waals surface area contributed by atoms with Crippen molar-refractivity contribution in [1.82, 2.24) is 10.3 Å². The fraction of sp³-hybridized carbons (Fsp3) is 0.222. The van der Waals surface area contributed by atoms with E-state index in [1.165, 1.54) is 6.08 Å². The lowest BCUT2D eigenvalue weighted by Crippen LogP contribution is -2.36. The molecule has 0 radical (unpaired) electrons. The molecule has 0 bridgehead atoms. The Hall–Kier alpha value is -2.47. The maximum atomic E-state index is 12.3. The van der Waals surface area contributed by atoms with E-state index in [2.05, 4.69) is 10.3 Å². The third kappa shape index (κ3) is 5.31. The van der Waals surface area contributed by atoms with E-state index in [9.17, 15) is 13.2 Å². The number of aromatic nitrogens is 1. The van der Waals surface area contributed by atoms with Crippen LogP contribution in [0.2, 0.25) is 0 Å². The molecule has 6 heteroatoms. The number of aryl methyl sites for hydroxylation is 1. The van der Waals surface area contributed by atoms with Gasteiger partial charge in [0.2, 0.25) is 5.91 Å². The van der Waals surface area contributed by atoms with Crippen molar-refractivity contribution in [2.24, 2.45) is 0 Å². The number of benzene rings is 1. The number of hydrogen-bond donors (Lipinski definition) is 1. The number of hydrogen-bond acceptors (Lipinski definition) is 4. The Bertz CT molecular complexity index is 813. The minimum absolute atomic E-state index is 0.150. The second-order valence-corrected chi connectivity index (χ2v) is 7.66. The van der Waals surface area contributed by atoms with Crippen LogP contribution in [0.25, 0.3) is 6.08 Å². The van der Waals surface area contributed by atoms with E-state index in [1.807, 2.05) is 13.0 Å². The molecule has 126 valence electrons. The fourth-order valence-corrected chi connectivity index (χ4v) is 3.63. The molecule has 0 fully saturated rings. The Kier molecular flexibility index (Phi) is 5.87. The first-order chi connectivity index (χ1) is 11.4. The summed E-state index contributed by atoms with van der Waals surface area (Å²) >= 11 is 0. The molecule has 0 spiro atoms. The molecule has 0 aliphatic carbocycles. The van der Waals surface area contributed by atoms with Crippen LogP contribution >= 0.6 is 0 Å². The Balaban J connectivity index is 1.94. The van der Waals surface area contributed by atoms with Gasteiger partial charge in [-0.3, -0.25) is 9.78 Å². The zero-order valence-corrected chi connectivity index (χ0v) is 14.5. The molecule has 24 heavy (non-hydrogen) atoms. The van der Waals surface area contributed by atoms with Crippen LogP contribution in [-0.2, 0) is 14.6 Å². The van der Waals surface area contributed by atoms with Crippen molar-refractivity contribution in [3.63, 3.8) is 0 Å². The van der Waals surface area contributed by atoms with Crippen molar-refractivity contribution in [3.05, 3.63) is 66.0 Å². The maximum Gasteiger partial charge on any atom is 0.244 e. The molecular formula is C18H20N2O3S. The van der Waals surface area contributed by atoms with Gasteiger partial charge in [-0.2, -0.15) is 0 Å². The lowest BCUT2D eigenvalue weighted by atomic mass is 10.2. The molecule has 1 amide bonds. The summed E-state index contributed by atoms with van der Waals surface area (Å²) in [5.74, 6) is -0.492. The van der Waals surface area contributed by atoms with Crippen LogP contribution in [0.3, 0.4) is 0 Å². The van der Waals surface area contributed by atoms with Crippen molar-refractivity contribution in [2.45, 2.75) is 24.8 Å². The molecule has 0 saturated carbocycles. The van der Waals surface area contributed by atoms with Crippen molar-refractivity contribution in [2.75, 3.05) is 5.75 Å². The average Bonchev–Trinajstić information content (AvgIpc) is 2.53. The summed E-state index contributed by atoms with van der Waals surface area (Å²) in [5.41, 5.74) is 1.79. The van der Waals surface area contributed by atoms with E-state index in [-0.39, 0.29) is 16.6 Å². The molecule has 0 aliphatic rings. The van der Waals surface area contributed by atoms with Crippen LogP contribution in [0, 0.1) is 6.92 Å². The van der Waals surface area contributed by atoms with Gasteiger partial charge in [0, 0.05) is 24.5 Å². The predicted molar refractivity (Wildman–Crippen MR) is 94.1 cm³/mol. The minimum Gasteiger partial charge on any atom is -0.349 e. The molecule has 1 atom stereocenters. The summed E-state index contributed by atoms with van der Waals surface area (Å²) in [5, 5.41) is 2.66. The van der Waals surface area contributed by atoms with E-state index in [0.717, 1.165) is 11.1 Å². The summed E-state index contributed by atoms with van der Waals surface area (Å²) in [6, 6.07) is 9.78. The highest BCUT2D eigenvalue weighted by Crippen LogP contribution is 2.13. The molecule has 0 saturated heterocycles. The van der Waals surface area contributed by atoms with E-state index in [0.29, 0.717) is 0 Å². The normalized spacial score (nSPS) is 12.9. The Labute approximate surface area is 142 Å². The second-order valence-electron chi connectivity index (χ2n) is 5.62. The lowest BCUT2D eigenvalue weighted by molar-refractivity contribution is -0.116. The Morgan fingerprint density at radius 1 is 1.25 bits per heavy atom. The first-order valence-corrected chi connectivity index (χ1v) is 9.20. The number of carbonyl (C=O) groups excluding carboxylic acids is 1. The Morgan fingerprint density at radius 3 is 2.58 bits per heavy atom. The van der Waals surface area contributed by atoms with Gasteiger partial charge >= 0.3 is 0 Å². The van der Waals surface area contributed by atoms with Gasteiger partial charge in [0.15, 0.2) is 9.84 Å². The van der Waals surface area contributed by atoms with Gasteiger partial charge in [0.05, 0.1) is 10.6 Å². The van der Waals surface area contributed by atoms with E-state index in [4.69, 9.17) is 0 Å². The van der Waals surface area contributed by atoms with Crippen molar-refractivity contribution >= 4 is 21.8 Å². The number of nitrogens with one attached hydrogen (secondary N) is 1. The van der Waals surface area contributed by atoms with Crippen molar-refractivity contribution in [1.29, 1.82) is 0 Å². The van der Waals surface area contributed by atoms with Crippen LogP contribution in [0.4, 0.5) is 0 Å². The smallest absolute Gasteiger partial charge is 0.244 e. The average molecular weight is 344 g/mol. The molecule has 2 aromatic rings. The van der Waals surface area contributed by atoms with Gasteiger partial charge in [-0.25, -0.2) is 8.42 Å². The van der Waals surface area contributed by atoms with Gasteiger partial charge in [-0.15, -0.1) is 0 Å². The number of carbonyl (C=O) groups is 1. The zero-order valence-electron chi connectivity index (χ0n) is 13.6. The predicted octanol–water partition coefficient (Wildman–Crippen LogP) is 2.38. The van der Waals surface area contributed by atoms with Crippen LogP contribution in [0.5, 0.6) is 0 Å². The third-order valence-corrected chi connectivity index (χ3v) is 5.28. The topological polar surface area (TPSA) is 76.1 Å². The second kappa shape index (κ2) is 7.88. The molecule has 1 heterocycles. The first kappa shape index (κ1) is 17.9. The summed E-state index contributed by atoms with van der Waals surface area (Å²) in [6.07, 6.45) is 6.28. The molecule has 1 unspecified atom stereocenters. The van der Waals surface area contributed by atoms with Gasteiger partial charge < -0.3 is 5.32 Å². The monoisotopic (exact) mass is 344 g/mol. The number of amides is 1. The standard InChI is InChI=1S/C18H20N2O3S/c1-14-5-8-17(9-6-14)24(22,23)13-15(2)20-18(21)10-7-16-4-3-11-19-12-16/h3-12,15H,13H2,1-2H3,(H,20,21). The van der Waals surface area contributed by atoms with Crippen molar-refractivity contribution < 1.29 is 13.2 Å². The molecule has 2 rings (SSSR count). The van der Waals surface area contributed by atoms with Crippen LogP contribution in [0.1, 0.15) is 18.1 Å². The molecule has 0 aliphatic heterocycles. The van der Waals surface area contributed by atoms with Gasteiger partial charge in [0.1, 0.15) is 0 Å². The van der Waals surface area contributed by atoms with Crippen LogP contribution in [-0.4, -0.2) is 31.1 Å². The molecule has 5 nitrogen and oxygen atoms in total.